The van der Waals surface area contributed by atoms with Gasteiger partial charge in [-0.25, -0.2) is 4.98 Å². The van der Waals surface area contributed by atoms with Gasteiger partial charge in [0.25, 0.3) is 5.91 Å². The molecule has 3 rings (SSSR count). The Balaban J connectivity index is 1.54. The fourth-order valence-electron chi connectivity index (χ4n) is 2.23. The normalized spacial score (nSPS) is 10.8. The zero-order valence-electron chi connectivity index (χ0n) is 14.1. The van der Waals surface area contributed by atoms with E-state index in [9.17, 15) is 9.59 Å². The largest absolute Gasteiger partial charge is 0.459 e. The van der Waals surface area contributed by atoms with E-state index in [2.05, 4.69) is 15.6 Å². The number of benzene rings is 1. The molecule has 0 aliphatic rings. The molecule has 1 aromatic carbocycles. The van der Waals surface area contributed by atoms with Crippen molar-refractivity contribution in [3.8, 4) is 0 Å². The molecule has 0 fully saturated rings. The molecule has 0 saturated heterocycles. The minimum Gasteiger partial charge on any atom is -0.459 e. The lowest BCUT2D eigenvalue weighted by atomic mass is 10.2. The Labute approximate surface area is 154 Å². The predicted octanol–water partition coefficient (Wildman–Crippen LogP) is 3.63. The second kappa shape index (κ2) is 8.26. The standard InChI is InChI=1S/C19H17N3O3S/c1-13-21-16(12-26-13)7-8-18(23)20-11-14-4-2-5-15(10-14)22-19(24)17-6-3-9-25-17/h2-10,12H,11H2,1H3,(H,20,23)(H,22,24)/b8-7+. The van der Waals surface area contributed by atoms with Gasteiger partial charge in [0, 0.05) is 23.7 Å². The van der Waals surface area contributed by atoms with Gasteiger partial charge in [-0.1, -0.05) is 12.1 Å². The minimum absolute atomic E-state index is 0.208. The molecule has 26 heavy (non-hydrogen) atoms. The van der Waals surface area contributed by atoms with Crippen LogP contribution < -0.4 is 10.6 Å². The number of nitrogens with one attached hydrogen (secondary N) is 2. The van der Waals surface area contributed by atoms with Gasteiger partial charge in [-0.2, -0.15) is 0 Å². The quantitative estimate of drug-likeness (QED) is 0.652. The number of hydrogen-bond acceptors (Lipinski definition) is 5. The molecule has 2 N–H and O–H groups in total. The summed E-state index contributed by atoms with van der Waals surface area (Å²) in [5, 5.41) is 8.41. The van der Waals surface area contributed by atoms with Crippen LogP contribution in [0.25, 0.3) is 6.08 Å². The summed E-state index contributed by atoms with van der Waals surface area (Å²) in [7, 11) is 0. The number of aryl methyl sites for hydroxylation is 1. The van der Waals surface area contributed by atoms with Crippen molar-refractivity contribution in [2.45, 2.75) is 13.5 Å². The lowest BCUT2D eigenvalue weighted by Crippen LogP contribution is -2.20. The Morgan fingerprint density at radius 2 is 2.15 bits per heavy atom. The second-order valence-electron chi connectivity index (χ2n) is 5.47. The van der Waals surface area contributed by atoms with Gasteiger partial charge in [-0.15, -0.1) is 11.3 Å². The van der Waals surface area contributed by atoms with Gasteiger partial charge in [-0.3, -0.25) is 9.59 Å². The first-order valence-electron chi connectivity index (χ1n) is 7.92. The smallest absolute Gasteiger partial charge is 0.291 e. The number of anilines is 1. The maximum absolute atomic E-state index is 12.0. The monoisotopic (exact) mass is 367 g/mol. The lowest BCUT2D eigenvalue weighted by Gasteiger charge is -2.07. The molecule has 0 spiro atoms. The van der Waals surface area contributed by atoms with Crippen molar-refractivity contribution in [3.63, 3.8) is 0 Å². The van der Waals surface area contributed by atoms with Crippen molar-refractivity contribution in [1.82, 2.24) is 10.3 Å². The summed E-state index contributed by atoms with van der Waals surface area (Å²) in [4.78, 5) is 28.2. The van der Waals surface area contributed by atoms with Crippen LogP contribution in [0.1, 0.15) is 26.8 Å². The molecule has 6 nitrogen and oxygen atoms in total. The first-order chi connectivity index (χ1) is 12.6. The van der Waals surface area contributed by atoms with Gasteiger partial charge in [-0.05, 0) is 42.8 Å². The second-order valence-corrected chi connectivity index (χ2v) is 6.54. The number of thiazole rings is 1. The Morgan fingerprint density at radius 1 is 1.27 bits per heavy atom. The van der Waals surface area contributed by atoms with Crippen LogP contribution in [0.4, 0.5) is 5.69 Å². The zero-order valence-corrected chi connectivity index (χ0v) is 14.9. The third kappa shape index (κ3) is 4.90. The van der Waals surface area contributed by atoms with Crippen LogP contribution in [-0.4, -0.2) is 16.8 Å². The third-order valence-corrected chi connectivity index (χ3v) is 4.23. The number of rotatable bonds is 6. The van der Waals surface area contributed by atoms with Gasteiger partial charge in [0.15, 0.2) is 5.76 Å². The van der Waals surface area contributed by atoms with Gasteiger partial charge in [0.2, 0.25) is 5.91 Å². The van der Waals surface area contributed by atoms with Crippen molar-refractivity contribution in [3.05, 3.63) is 76.1 Å². The Kier molecular flexibility index (Phi) is 5.60. The molecule has 2 heterocycles. The highest BCUT2D eigenvalue weighted by Crippen LogP contribution is 2.13. The van der Waals surface area contributed by atoms with E-state index in [4.69, 9.17) is 4.42 Å². The van der Waals surface area contributed by atoms with Crippen LogP contribution in [0.3, 0.4) is 0 Å². The molecule has 0 unspecified atom stereocenters. The lowest BCUT2D eigenvalue weighted by molar-refractivity contribution is -0.116. The van der Waals surface area contributed by atoms with Crippen molar-refractivity contribution in [1.29, 1.82) is 0 Å². The fourth-order valence-corrected chi connectivity index (χ4v) is 2.81. The number of nitrogens with zero attached hydrogens (tertiary/aromatic N) is 1. The average molecular weight is 367 g/mol. The molecule has 0 aliphatic heterocycles. The highest BCUT2D eigenvalue weighted by atomic mass is 32.1. The van der Waals surface area contributed by atoms with E-state index in [0.717, 1.165) is 16.3 Å². The number of aromatic nitrogens is 1. The number of hydrogen-bond donors (Lipinski definition) is 2. The SMILES string of the molecule is Cc1nc(/C=C/C(=O)NCc2cccc(NC(=O)c3ccco3)c2)cs1. The van der Waals surface area contributed by atoms with Crippen molar-refractivity contribution in [2.24, 2.45) is 0 Å². The van der Waals surface area contributed by atoms with Crippen molar-refractivity contribution < 1.29 is 14.0 Å². The molecule has 0 radical (unpaired) electrons. The van der Waals surface area contributed by atoms with Crippen LogP contribution in [-0.2, 0) is 11.3 Å². The minimum atomic E-state index is -0.322. The Morgan fingerprint density at radius 3 is 2.88 bits per heavy atom. The van der Waals surface area contributed by atoms with Crippen LogP contribution in [0.5, 0.6) is 0 Å². The summed E-state index contributed by atoms with van der Waals surface area (Å²) < 4.78 is 5.06. The van der Waals surface area contributed by atoms with Crippen LogP contribution in [0.15, 0.2) is 58.5 Å². The summed E-state index contributed by atoms with van der Waals surface area (Å²) in [6.45, 7) is 2.27. The molecular weight excluding hydrogens is 350 g/mol. The Hall–Kier alpha value is -3.19. The number of carbonyl (C=O) groups excluding carboxylic acids is 2. The summed E-state index contributed by atoms with van der Waals surface area (Å²) in [6, 6.07) is 10.5. The number of amides is 2. The Bertz CT molecular complexity index is 929. The van der Waals surface area contributed by atoms with E-state index < -0.39 is 0 Å². The highest BCUT2D eigenvalue weighted by Gasteiger charge is 2.08. The van der Waals surface area contributed by atoms with Crippen molar-refractivity contribution in [2.75, 3.05) is 5.32 Å². The van der Waals surface area contributed by atoms with Gasteiger partial charge >= 0.3 is 0 Å². The topological polar surface area (TPSA) is 84.2 Å². The maximum atomic E-state index is 12.0. The highest BCUT2D eigenvalue weighted by molar-refractivity contribution is 7.09. The van der Waals surface area contributed by atoms with E-state index in [0.29, 0.717) is 12.2 Å². The molecule has 0 aliphatic carbocycles. The van der Waals surface area contributed by atoms with Crippen LogP contribution in [0, 0.1) is 6.92 Å². The van der Waals surface area contributed by atoms with Crippen LogP contribution >= 0.6 is 11.3 Å². The summed E-state index contributed by atoms with van der Waals surface area (Å²) in [5.74, 6) is -0.288. The number of furan rings is 1. The van der Waals surface area contributed by atoms with E-state index in [-0.39, 0.29) is 17.6 Å². The summed E-state index contributed by atoms with van der Waals surface area (Å²) in [6.07, 6.45) is 4.58. The number of carbonyl (C=O) groups is 2. The summed E-state index contributed by atoms with van der Waals surface area (Å²) >= 11 is 1.54. The summed E-state index contributed by atoms with van der Waals surface area (Å²) in [5.41, 5.74) is 2.27. The third-order valence-electron chi connectivity index (χ3n) is 3.44. The van der Waals surface area contributed by atoms with E-state index >= 15 is 0 Å². The van der Waals surface area contributed by atoms with Gasteiger partial charge < -0.3 is 15.1 Å². The molecule has 2 amide bonds. The molecule has 3 aromatic rings. The molecule has 0 saturated carbocycles. The molecule has 0 bridgehead atoms. The molecule has 2 aromatic heterocycles. The van der Waals surface area contributed by atoms with Crippen molar-refractivity contribution >= 4 is 34.9 Å². The van der Waals surface area contributed by atoms with Gasteiger partial charge in [0.05, 0.1) is 17.0 Å². The van der Waals surface area contributed by atoms with E-state index in [1.807, 2.05) is 24.4 Å². The first kappa shape index (κ1) is 17.6. The molecule has 7 heteroatoms. The zero-order chi connectivity index (χ0) is 18.4. The van der Waals surface area contributed by atoms with Gasteiger partial charge in [0.1, 0.15) is 0 Å². The molecule has 0 atom stereocenters. The molecular formula is C19H17N3O3S. The van der Waals surface area contributed by atoms with E-state index in [1.54, 1.807) is 30.3 Å². The maximum Gasteiger partial charge on any atom is 0.291 e. The predicted molar refractivity (Wildman–Crippen MR) is 101 cm³/mol. The fraction of sp³-hybridized carbons (Fsp3) is 0.105. The van der Waals surface area contributed by atoms with E-state index in [1.165, 1.54) is 23.7 Å². The average Bonchev–Trinajstić information content (AvgIpc) is 3.30. The first-order valence-corrected chi connectivity index (χ1v) is 8.80. The molecule has 132 valence electrons. The van der Waals surface area contributed by atoms with Crippen LogP contribution in [0.2, 0.25) is 0 Å².